The van der Waals surface area contributed by atoms with Crippen LogP contribution in [0.25, 0.3) is 0 Å². The lowest BCUT2D eigenvalue weighted by Crippen LogP contribution is -2.22. The lowest BCUT2D eigenvalue weighted by atomic mass is 10.1. The second kappa shape index (κ2) is 5.23. The number of hydrogen-bond acceptors (Lipinski definition) is 4. The quantitative estimate of drug-likeness (QED) is 0.918. The molecule has 0 bridgehead atoms. The van der Waals surface area contributed by atoms with Crippen LogP contribution in [0.2, 0.25) is 0 Å². The molecule has 0 aliphatic rings. The van der Waals surface area contributed by atoms with Gasteiger partial charge in [0.05, 0.1) is 5.97 Å². The Morgan fingerprint density at radius 1 is 1.28 bits per heavy atom. The van der Waals surface area contributed by atoms with E-state index in [0.717, 1.165) is 11.3 Å². The Balaban J connectivity index is 2.13. The molecule has 1 aromatic heterocycles. The number of aromatic carboxylic acids is 1. The Hall–Kier alpha value is -1.81. The minimum absolute atomic E-state index is 0.200. The predicted octanol–water partition coefficient (Wildman–Crippen LogP) is 2.34. The van der Waals surface area contributed by atoms with Gasteiger partial charge >= 0.3 is 0 Å². The molecule has 94 valence electrons. The van der Waals surface area contributed by atoms with Crippen LogP contribution in [-0.2, 0) is 6.54 Å². The molecular weight excluding hydrogens is 246 g/mol. The van der Waals surface area contributed by atoms with Gasteiger partial charge in [0.25, 0.3) is 0 Å². The largest absolute Gasteiger partial charge is 0.545 e. The maximum atomic E-state index is 10.8. The minimum atomic E-state index is -1.15. The number of hydrogen-bond donors (Lipinski definition) is 1. The van der Waals surface area contributed by atoms with Gasteiger partial charge in [0.15, 0.2) is 0 Å². The smallest absolute Gasteiger partial charge is 0.0716 e. The lowest BCUT2D eigenvalue weighted by Gasteiger charge is -2.11. The summed E-state index contributed by atoms with van der Waals surface area (Å²) in [5.41, 5.74) is 2.06. The molecule has 0 amide bonds. The van der Waals surface area contributed by atoms with E-state index in [2.05, 4.69) is 24.4 Å². The van der Waals surface area contributed by atoms with Crippen molar-refractivity contribution in [1.29, 1.82) is 0 Å². The number of thiophene rings is 1. The number of anilines is 1. The molecule has 0 unspecified atom stereocenters. The van der Waals surface area contributed by atoms with E-state index in [1.54, 1.807) is 29.5 Å². The summed E-state index contributed by atoms with van der Waals surface area (Å²) in [6.07, 6.45) is 0. The third kappa shape index (κ3) is 2.90. The van der Waals surface area contributed by atoms with Gasteiger partial charge in [-0.15, -0.1) is 11.3 Å². The summed E-state index contributed by atoms with van der Waals surface area (Å²) in [4.78, 5) is 13.3. The number of carboxylic acids is 1. The summed E-state index contributed by atoms with van der Waals surface area (Å²) in [5, 5.41) is 14.1. The highest BCUT2D eigenvalue weighted by atomic mass is 32.1. The molecule has 3 nitrogen and oxygen atoms in total. The van der Waals surface area contributed by atoms with Crippen molar-refractivity contribution in [3.8, 4) is 0 Å². The van der Waals surface area contributed by atoms with E-state index in [-0.39, 0.29) is 5.56 Å². The summed E-state index contributed by atoms with van der Waals surface area (Å²) in [6.45, 7) is 4.72. The van der Waals surface area contributed by atoms with Crippen molar-refractivity contribution in [2.24, 2.45) is 0 Å². The summed E-state index contributed by atoms with van der Waals surface area (Å²) < 4.78 is 0. The van der Waals surface area contributed by atoms with Gasteiger partial charge in [0.2, 0.25) is 0 Å². The molecule has 0 aliphatic carbocycles. The first-order chi connectivity index (χ1) is 8.56. The van der Waals surface area contributed by atoms with Crippen LogP contribution in [0.15, 0.2) is 30.3 Å². The standard InChI is InChI=1S/C14H15NO2S/c1-9-3-5-11(14(16)17)7-13(9)15-8-12-6-4-10(2)18-12/h3-7,15H,8H2,1-2H3,(H,16,17)/p-1. The number of rotatable bonds is 4. The SMILES string of the molecule is Cc1ccc(CNc2cc(C(=O)[O-])ccc2C)s1. The zero-order valence-electron chi connectivity index (χ0n) is 10.3. The van der Waals surface area contributed by atoms with E-state index in [9.17, 15) is 9.90 Å². The Kier molecular flexibility index (Phi) is 3.67. The van der Waals surface area contributed by atoms with Gasteiger partial charge < -0.3 is 15.2 Å². The first-order valence-electron chi connectivity index (χ1n) is 5.67. The zero-order valence-corrected chi connectivity index (χ0v) is 11.1. The van der Waals surface area contributed by atoms with E-state index in [1.165, 1.54) is 9.75 Å². The summed E-state index contributed by atoms with van der Waals surface area (Å²) in [5.74, 6) is -1.15. The van der Waals surface area contributed by atoms with E-state index in [1.807, 2.05) is 6.92 Å². The average Bonchev–Trinajstić information content (AvgIpc) is 2.74. The van der Waals surface area contributed by atoms with Gasteiger partial charge in [-0.1, -0.05) is 12.1 Å². The fraction of sp³-hybridized carbons (Fsp3) is 0.214. The van der Waals surface area contributed by atoms with Crippen LogP contribution in [-0.4, -0.2) is 5.97 Å². The molecular formula is C14H14NO2S-. The molecule has 1 aromatic carbocycles. The molecule has 0 saturated heterocycles. The number of benzene rings is 1. The molecule has 0 radical (unpaired) electrons. The van der Waals surface area contributed by atoms with Crippen molar-refractivity contribution in [2.45, 2.75) is 20.4 Å². The zero-order chi connectivity index (χ0) is 13.1. The van der Waals surface area contributed by atoms with Gasteiger partial charge in [0, 0.05) is 22.0 Å². The first-order valence-corrected chi connectivity index (χ1v) is 6.49. The van der Waals surface area contributed by atoms with Crippen molar-refractivity contribution in [3.05, 3.63) is 51.2 Å². The molecule has 18 heavy (non-hydrogen) atoms. The van der Waals surface area contributed by atoms with Crippen molar-refractivity contribution in [1.82, 2.24) is 0 Å². The number of carbonyl (C=O) groups excluding carboxylic acids is 1. The second-order valence-corrected chi connectivity index (χ2v) is 5.56. The molecule has 0 atom stereocenters. The molecule has 4 heteroatoms. The Morgan fingerprint density at radius 2 is 2.06 bits per heavy atom. The van der Waals surface area contributed by atoms with Crippen LogP contribution in [0, 0.1) is 13.8 Å². The van der Waals surface area contributed by atoms with Crippen LogP contribution in [0.1, 0.15) is 25.7 Å². The summed E-state index contributed by atoms with van der Waals surface area (Å²) in [6, 6.07) is 9.11. The van der Waals surface area contributed by atoms with Crippen LogP contribution in [0.3, 0.4) is 0 Å². The average molecular weight is 260 g/mol. The fourth-order valence-electron chi connectivity index (χ4n) is 1.70. The van der Waals surface area contributed by atoms with Crippen molar-refractivity contribution in [2.75, 3.05) is 5.32 Å². The van der Waals surface area contributed by atoms with Crippen molar-refractivity contribution in [3.63, 3.8) is 0 Å². The minimum Gasteiger partial charge on any atom is -0.545 e. The van der Waals surface area contributed by atoms with Crippen molar-refractivity contribution < 1.29 is 9.90 Å². The Morgan fingerprint density at radius 3 is 2.67 bits per heavy atom. The Labute approximate surface area is 110 Å². The lowest BCUT2D eigenvalue weighted by molar-refractivity contribution is -0.255. The highest BCUT2D eigenvalue weighted by Gasteiger charge is 2.02. The summed E-state index contributed by atoms with van der Waals surface area (Å²) >= 11 is 1.73. The monoisotopic (exact) mass is 260 g/mol. The van der Waals surface area contributed by atoms with Gasteiger partial charge in [0.1, 0.15) is 0 Å². The van der Waals surface area contributed by atoms with Gasteiger partial charge in [-0.25, -0.2) is 0 Å². The number of nitrogens with one attached hydrogen (secondary N) is 1. The third-order valence-corrected chi connectivity index (χ3v) is 3.72. The maximum absolute atomic E-state index is 10.8. The molecule has 1 N–H and O–H groups in total. The topological polar surface area (TPSA) is 52.2 Å². The molecule has 0 saturated carbocycles. The normalized spacial score (nSPS) is 10.3. The van der Waals surface area contributed by atoms with Crippen LogP contribution in [0.4, 0.5) is 5.69 Å². The molecule has 0 fully saturated rings. The van der Waals surface area contributed by atoms with E-state index < -0.39 is 5.97 Å². The molecule has 0 aliphatic heterocycles. The van der Waals surface area contributed by atoms with Gasteiger partial charge in [-0.2, -0.15) is 0 Å². The van der Waals surface area contributed by atoms with Crippen LogP contribution >= 0.6 is 11.3 Å². The third-order valence-electron chi connectivity index (χ3n) is 2.72. The van der Waals surface area contributed by atoms with Crippen LogP contribution in [0.5, 0.6) is 0 Å². The van der Waals surface area contributed by atoms with Gasteiger partial charge in [-0.3, -0.25) is 0 Å². The summed E-state index contributed by atoms with van der Waals surface area (Å²) in [7, 11) is 0. The van der Waals surface area contributed by atoms with Crippen molar-refractivity contribution >= 4 is 23.0 Å². The van der Waals surface area contributed by atoms with E-state index >= 15 is 0 Å². The highest BCUT2D eigenvalue weighted by Crippen LogP contribution is 2.20. The maximum Gasteiger partial charge on any atom is 0.0716 e. The van der Waals surface area contributed by atoms with Gasteiger partial charge in [-0.05, 0) is 43.2 Å². The second-order valence-electron chi connectivity index (χ2n) is 4.18. The van der Waals surface area contributed by atoms with Crippen LogP contribution < -0.4 is 10.4 Å². The van der Waals surface area contributed by atoms with E-state index in [4.69, 9.17) is 0 Å². The Bertz CT molecular complexity index is 575. The predicted molar refractivity (Wildman–Crippen MR) is 71.9 cm³/mol. The highest BCUT2D eigenvalue weighted by molar-refractivity contribution is 7.11. The van der Waals surface area contributed by atoms with E-state index in [0.29, 0.717) is 6.54 Å². The number of aryl methyl sites for hydroxylation is 2. The molecule has 0 spiro atoms. The number of carbonyl (C=O) groups is 1. The molecule has 2 rings (SSSR count). The molecule has 1 heterocycles. The first kappa shape index (κ1) is 12.6. The number of carboxylic acid groups (broad SMARTS) is 1. The fourth-order valence-corrected chi connectivity index (χ4v) is 2.53. The molecule has 2 aromatic rings.